The van der Waals surface area contributed by atoms with Gasteiger partial charge in [0.2, 0.25) is 0 Å². The summed E-state index contributed by atoms with van der Waals surface area (Å²) in [6.07, 6.45) is 0.241. The summed E-state index contributed by atoms with van der Waals surface area (Å²) in [5.74, 6) is 0.364. The van der Waals surface area contributed by atoms with Crippen LogP contribution in [0, 0.1) is 5.92 Å². The van der Waals surface area contributed by atoms with Gasteiger partial charge in [-0.2, -0.15) is 0 Å². The predicted octanol–water partition coefficient (Wildman–Crippen LogP) is 2.66. The van der Waals surface area contributed by atoms with Crippen LogP contribution in [0.25, 0.3) is 0 Å². The highest BCUT2D eigenvalue weighted by Gasteiger charge is 2.33. The van der Waals surface area contributed by atoms with E-state index in [0.717, 1.165) is 11.3 Å². The van der Waals surface area contributed by atoms with Crippen molar-refractivity contribution in [1.82, 2.24) is 0 Å². The SMILES string of the molecule is CC1C(CC(=O)O)c2ccccc2O[C@@H]1C. The molecule has 0 spiro atoms. The molecule has 1 heterocycles. The minimum Gasteiger partial charge on any atom is -0.490 e. The maximum Gasteiger partial charge on any atom is 0.303 e. The van der Waals surface area contributed by atoms with Gasteiger partial charge in [0, 0.05) is 11.8 Å². The zero-order valence-electron chi connectivity index (χ0n) is 9.51. The first-order chi connectivity index (χ1) is 7.59. The molecule has 86 valence electrons. The molecule has 1 aliphatic heterocycles. The summed E-state index contributed by atoms with van der Waals surface area (Å²) in [6, 6.07) is 7.72. The number of carboxylic acids is 1. The first-order valence-corrected chi connectivity index (χ1v) is 5.57. The number of fused-ring (bicyclic) bond motifs is 1. The monoisotopic (exact) mass is 220 g/mol. The molecule has 3 atom stereocenters. The van der Waals surface area contributed by atoms with Crippen LogP contribution in [0.3, 0.4) is 0 Å². The number of aliphatic carboxylic acids is 1. The molecule has 0 aliphatic carbocycles. The molecule has 3 nitrogen and oxygen atoms in total. The van der Waals surface area contributed by atoms with Crippen LogP contribution in [-0.4, -0.2) is 17.2 Å². The summed E-state index contributed by atoms with van der Waals surface area (Å²) >= 11 is 0. The van der Waals surface area contributed by atoms with Crippen LogP contribution in [0.15, 0.2) is 24.3 Å². The van der Waals surface area contributed by atoms with Crippen LogP contribution in [0.1, 0.15) is 31.7 Å². The lowest BCUT2D eigenvalue weighted by Crippen LogP contribution is -2.33. The molecule has 1 aliphatic rings. The van der Waals surface area contributed by atoms with E-state index in [0.29, 0.717) is 0 Å². The maximum atomic E-state index is 10.9. The summed E-state index contributed by atoms with van der Waals surface area (Å²) in [7, 11) is 0. The van der Waals surface area contributed by atoms with Crippen molar-refractivity contribution >= 4 is 5.97 Å². The smallest absolute Gasteiger partial charge is 0.303 e. The van der Waals surface area contributed by atoms with Gasteiger partial charge in [-0.3, -0.25) is 4.79 Å². The molecule has 1 N–H and O–H groups in total. The molecule has 0 amide bonds. The highest BCUT2D eigenvalue weighted by atomic mass is 16.5. The molecule has 0 saturated heterocycles. The third-order valence-corrected chi connectivity index (χ3v) is 3.40. The van der Waals surface area contributed by atoms with Crippen LogP contribution >= 0.6 is 0 Å². The molecule has 0 bridgehead atoms. The van der Waals surface area contributed by atoms with Crippen LogP contribution < -0.4 is 4.74 Å². The molecule has 2 rings (SSSR count). The van der Waals surface area contributed by atoms with Crippen molar-refractivity contribution in [2.75, 3.05) is 0 Å². The number of rotatable bonds is 2. The number of benzene rings is 1. The highest BCUT2D eigenvalue weighted by Crippen LogP contribution is 2.41. The van der Waals surface area contributed by atoms with Crippen molar-refractivity contribution in [3.8, 4) is 5.75 Å². The molecule has 3 heteroatoms. The van der Waals surface area contributed by atoms with Crippen LogP contribution in [0.5, 0.6) is 5.75 Å². The van der Waals surface area contributed by atoms with Gasteiger partial charge in [0.15, 0.2) is 0 Å². The van der Waals surface area contributed by atoms with E-state index in [2.05, 4.69) is 0 Å². The van der Waals surface area contributed by atoms with E-state index in [1.807, 2.05) is 38.1 Å². The largest absolute Gasteiger partial charge is 0.490 e. The van der Waals surface area contributed by atoms with Crippen molar-refractivity contribution in [2.45, 2.75) is 32.3 Å². The van der Waals surface area contributed by atoms with Gasteiger partial charge in [-0.25, -0.2) is 0 Å². The topological polar surface area (TPSA) is 46.5 Å². The van der Waals surface area contributed by atoms with Gasteiger partial charge < -0.3 is 9.84 Å². The average molecular weight is 220 g/mol. The summed E-state index contributed by atoms with van der Waals surface area (Å²) in [6.45, 7) is 4.05. The van der Waals surface area contributed by atoms with Gasteiger partial charge in [-0.15, -0.1) is 0 Å². The Morgan fingerprint density at radius 3 is 2.75 bits per heavy atom. The van der Waals surface area contributed by atoms with Gasteiger partial charge in [-0.05, 0) is 18.6 Å². The number of ether oxygens (including phenoxy) is 1. The number of carbonyl (C=O) groups is 1. The fraction of sp³-hybridized carbons (Fsp3) is 0.462. The van der Waals surface area contributed by atoms with Crippen molar-refractivity contribution in [3.05, 3.63) is 29.8 Å². The van der Waals surface area contributed by atoms with Gasteiger partial charge in [0.25, 0.3) is 0 Å². The lowest BCUT2D eigenvalue weighted by atomic mass is 9.79. The highest BCUT2D eigenvalue weighted by molar-refractivity contribution is 5.68. The first kappa shape index (κ1) is 11.0. The van der Waals surface area contributed by atoms with Crippen molar-refractivity contribution < 1.29 is 14.6 Å². The lowest BCUT2D eigenvalue weighted by Gasteiger charge is -2.35. The summed E-state index contributed by atoms with van der Waals surface area (Å²) < 4.78 is 5.76. The molecule has 2 unspecified atom stereocenters. The molecule has 0 radical (unpaired) electrons. The molecule has 0 saturated carbocycles. The van der Waals surface area contributed by atoms with Gasteiger partial charge in [0.1, 0.15) is 5.75 Å². The second-order valence-electron chi connectivity index (χ2n) is 4.42. The molecule has 1 aromatic carbocycles. The molecule has 0 fully saturated rings. The van der Waals surface area contributed by atoms with Gasteiger partial charge >= 0.3 is 5.97 Å². The van der Waals surface area contributed by atoms with E-state index in [4.69, 9.17) is 9.84 Å². The maximum absolute atomic E-state index is 10.9. The third-order valence-electron chi connectivity index (χ3n) is 3.40. The number of carboxylic acid groups (broad SMARTS) is 1. The van der Waals surface area contributed by atoms with E-state index in [1.54, 1.807) is 0 Å². The summed E-state index contributed by atoms with van der Waals surface area (Å²) in [4.78, 5) is 10.9. The Balaban J connectivity index is 2.37. The van der Waals surface area contributed by atoms with Crippen molar-refractivity contribution in [2.24, 2.45) is 5.92 Å². The molecule has 0 aromatic heterocycles. The Morgan fingerprint density at radius 1 is 1.38 bits per heavy atom. The fourth-order valence-corrected chi connectivity index (χ4v) is 2.30. The zero-order valence-corrected chi connectivity index (χ0v) is 9.51. The summed E-state index contributed by atoms with van der Waals surface area (Å²) in [5.41, 5.74) is 1.02. The van der Waals surface area contributed by atoms with E-state index in [1.165, 1.54) is 0 Å². The van der Waals surface area contributed by atoms with Crippen LogP contribution in [-0.2, 0) is 4.79 Å². The fourth-order valence-electron chi connectivity index (χ4n) is 2.30. The van der Waals surface area contributed by atoms with E-state index in [9.17, 15) is 4.79 Å². The van der Waals surface area contributed by atoms with Crippen molar-refractivity contribution in [3.63, 3.8) is 0 Å². The predicted molar refractivity (Wildman–Crippen MR) is 60.7 cm³/mol. The quantitative estimate of drug-likeness (QED) is 0.833. The average Bonchev–Trinajstić information content (AvgIpc) is 2.24. The van der Waals surface area contributed by atoms with E-state index >= 15 is 0 Å². The minimum absolute atomic E-state index is 0.0532. The third kappa shape index (κ3) is 1.90. The molecule has 1 aromatic rings. The number of para-hydroxylation sites is 1. The standard InChI is InChI=1S/C13H16O3/c1-8-9(2)16-12-6-4-3-5-10(12)11(8)7-13(14)15/h3-6,8-9,11H,7H2,1-2H3,(H,14,15)/t8?,9-,11?/m1/s1. The van der Waals surface area contributed by atoms with Gasteiger partial charge in [0.05, 0.1) is 12.5 Å². The normalized spacial score (nSPS) is 28.0. The Bertz CT molecular complexity index is 400. The van der Waals surface area contributed by atoms with Crippen molar-refractivity contribution in [1.29, 1.82) is 0 Å². The minimum atomic E-state index is -0.749. The van der Waals surface area contributed by atoms with Crippen LogP contribution in [0.2, 0.25) is 0 Å². The first-order valence-electron chi connectivity index (χ1n) is 5.57. The molecular weight excluding hydrogens is 204 g/mol. The Morgan fingerprint density at radius 2 is 2.06 bits per heavy atom. The summed E-state index contributed by atoms with van der Waals surface area (Å²) in [5, 5.41) is 8.95. The second kappa shape index (κ2) is 4.16. The van der Waals surface area contributed by atoms with Crippen LogP contribution in [0.4, 0.5) is 0 Å². The second-order valence-corrected chi connectivity index (χ2v) is 4.42. The molecular formula is C13H16O3. The Labute approximate surface area is 95.0 Å². The lowest BCUT2D eigenvalue weighted by molar-refractivity contribution is -0.138. The Kier molecular flexibility index (Phi) is 2.86. The number of hydrogen-bond acceptors (Lipinski definition) is 2. The number of hydrogen-bond donors (Lipinski definition) is 1. The molecule has 16 heavy (non-hydrogen) atoms. The Hall–Kier alpha value is -1.51. The zero-order chi connectivity index (χ0) is 11.7. The van der Waals surface area contributed by atoms with Gasteiger partial charge in [-0.1, -0.05) is 25.1 Å². The van der Waals surface area contributed by atoms with E-state index < -0.39 is 5.97 Å². The van der Waals surface area contributed by atoms with E-state index in [-0.39, 0.29) is 24.4 Å².